The van der Waals surface area contributed by atoms with Crippen LogP contribution in [0.25, 0.3) is 11.4 Å². The number of anilines is 1. The summed E-state index contributed by atoms with van der Waals surface area (Å²) >= 11 is 0. The Morgan fingerprint density at radius 3 is 2.90 bits per heavy atom. The van der Waals surface area contributed by atoms with Gasteiger partial charge in [0.15, 0.2) is 5.82 Å². The normalized spacial score (nSPS) is 11.2. The molecule has 0 radical (unpaired) electrons. The number of aryl methyl sites for hydroxylation is 2. The van der Waals surface area contributed by atoms with Gasteiger partial charge < -0.3 is 10.5 Å². The number of nitrogens with zero attached hydrogens (tertiary/aromatic N) is 4. The van der Waals surface area contributed by atoms with Crippen molar-refractivity contribution in [3.63, 3.8) is 0 Å². The average Bonchev–Trinajstić information content (AvgIpc) is 2.89. The lowest BCUT2D eigenvalue weighted by atomic mass is 10.1. The van der Waals surface area contributed by atoms with Crippen LogP contribution >= 0.6 is 0 Å². The molecule has 0 aliphatic carbocycles. The molecule has 6 nitrogen and oxygen atoms in total. The SMILES string of the molecule is Cc1ccc(N)cc1-c1nnnn1CCCOCC(C)C. The molecule has 0 aliphatic rings. The van der Waals surface area contributed by atoms with Crippen LogP contribution < -0.4 is 5.73 Å². The molecule has 0 amide bonds. The fourth-order valence-electron chi connectivity index (χ4n) is 2.06. The van der Waals surface area contributed by atoms with Crippen molar-refractivity contribution in [2.45, 2.75) is 33.7 Å². The van der Waals surface area contributed by atoms with Gasteiger partial charge in [-0.05, 0) is 47.4 Å². The smallest absolute Gasteiger partial charge is 0.182 e. The van der Waals surface area contributed by atoms with Gasteiger partial charge in [0, 0.05) is 31.0 Å². The first kappa shape index (κ1) is 15.4. The van der Waals surface area contributed by atoms with Crippen molar-refractivity contribution in [3.8, 4) is 11.4 Å². The molecule has 0 bridgehead atoms. The van der Waals surface area contributed by atoms with Crippen molar-refractivity contribution in [1.82, 2.24) is 20.2 Å². The molecule has 1 aromatic heterocycles. The number of hydrogen-bond donors (Lipinski definition) is 1. The number of ether oxygens (including phenoxy) is 1. The highest BCUT2D eigenvalue weighted by Crippen LogP contribution is 2.23. The van der Waals surface area contributed by atoms with E-state index in [1.54, 1.807) is 4.68 Å². The van der Waals surface area contributed by atoms with E-state index < -0.39 is 0 Å². The first-order valence-corrected chi connectivity index (χ1v) is 7.28. The summed E-state index contributed by atoms with van der Waals surface area (Å²) in [5.41, 5.74) is 8.65. The number of rotatable bonds is 7. The van der Waals surface area contributed by atoms with E-state index in [4.69, 9.17) is 10.5 Å². The molecule has 0 saturated heterocycles. The third-order valence-corrected chi connectivity index (χ3v) is 3.14. The van der Waals surface area contributed by atoms with E-state index in [1.165, 1.54) is 0 Å². The molecular weight excluding hydrogens is 266 g/mol. The van der Waals surface area contributed by atoms with Gasteiger partial charge in [0.1, 0.15) is 0 Å². The molecule has 0 saturated carbocycles. The summed E-state index contributed by atoms with van der Waals surface area (Å²) in [6, 6.07) is 5.77. The molecule has 2 rings (SSSR count). The number of hydrogen-bond acceptors (Lipinski definition) is 5. The van der Waals surface area contributed by atoms with Gasteiger partial charge in [0.2, 0.25) is 0 Å². The molecule has 0 atom stereocenters. The van der Waals surface area contributed by atoms with Gasteiger partial charge in [0.25, 0.3) is 0 Å². The van der Waals surface area contributed by atoms with E-state index in [0.717, 1.165) is 36.5 Å². The zero-order valence-corrected chi connectivity index (χ0v) is 12.9. The second-order valence-corrected chi connectivity index (χ2v) is 5.62. The summed E-state index contributed by atoms with van der Waals surface area (Å²) in [6.45, 7) is 8.54. The van der Waals surface area contributed by atoms with E-state index >= 15 is 0 Å². The quantitative estimate of drug-likeness (QED) is 0.625. The highest BCUT2D eigenvalue weighted by molar-refractivity contribution is 5.65. The Bertz CT molecular complexity index is 579. The molecule has 0 spiro atoms. The van der Waals surface area contributed by atoms with Crippen LogP contribution in [0.2, 0.25) is 0 Å². The number of nitrogens with two attached hydrogens (primary N) is 1. The topological polar surface area (TPSA) is 78.9 Å². The molecule has 0 fully saturated rings. The molecule has 21 heavy (non-hydrogen) atoms. The van der Waals surface area contributed by atoms with Crippen molar-refractivity contribution in [2.24, 2.45) is 5.92 Å². The van der Waals surface area contributed by atoms with Crippen molar-refractivity contribution >= 4 is 5.69 Å². The first-order chi connectivity index (χ1) is 10.1. The molecule has 0 unspecified atom stereocenters. The third kappa shape index (κ3) is 4.26. The fourth-order valence-corrected chi connectivity index (χ4v) is 2.06. The lowest BCUT2D eigenvalue weighted by molar-refractivity contribution is 0.105. The van der Waals surface area contributed by atoms with Crippen LogP contribution in [0.4, 0.5) is 5.69 Å². The van der Waals surface area contributed by atoms with Crippen LogP contribution in [0, 0.1) is 12.8 Å². The fraction of sp³-hybridized carbons (Fsp3) is 0.533. The summed E-state index contributed by atoms with van der Waals surface area (Å²) in [4.78, 5) is 0. The Hall–Kier alpha value is -1.95. The Kier molecular flexibility index (Phi) is 5.27. The third-order valence-electron chi connectivity index (χ3n) is 3.14. The highest BCUT2D eigenvalue weighted by atomic mass is 16.5. The van der Waals surface area contributed by atoms with Crippen LogP contribution in [-0.4, -0.2) is 33.4 Å². The molecular formula is C15H23N5O. The highest BCUT2D eigenvalue weighted by Gasteiger charge is 2.11. The van der Waals surface area contributed by atoms with Crippen molar-refractivity contribution in [3.05, 3.63) is 23.8 Å². The summed E-state index contributed by atoms with van der Waals surface area (Å²) in [5, 5.41) is 12.0. The van der Waals surface area contributed by atoms with Gasteiger partial charge in [-0.15, -0.1) is 5.10 Å². The summed E-state index contributed by atoms with van der Waals surface area (Å²) in [5.74, 6) is 1.31. The van der Waals surface area contributed by atoms with Crippen molar-refractivity contribution < 1.29 is 4.74 Å². The van der Waals surface area contributed by atoms with Gasteiger partial charge >= 0.3 is 0 Å². The molecule has 114 valence electrons. The number of nitrogen functional groups attached to an aromatic ring is 1. The Balaban J connectivity index is 2.00. The van der Waals surface area contributed by atoms with Gasteiger partial charge in [-0.2, -0.15) is 0 Å². The predicted octanol–water partition coefficient (Wildman–Crippen LogP) is 2.29. The number of aromatic nitrogens is 4. The van der Waals surface area contributed by atoms with E-state index in [1.807, 2.05) is 25.1 Å². The molecule has 6 heteroatoms. The number of benzene rings is 1. The minimum atomic E-state index is 0.559. The summed E-state index contributed by atoms with van der Waals surface area (Å²) in [7, 11) is 0. The summed E-state index contributed by atoms with van der Waals surface area (Å²) in [6.07, 6.45) is 0.881. The lowest BCUT2D eigenvalue weighted by Crippen LogP contribution is -2.09. The van der Waals surface area contributed by atoms with Crippen molar-refractivity contribution in [2.75, 3.05) is 18.9 Å². The first-order valence-electron chi connectivity index (χ1n) is 7.28. The van der Waals surface area contributed by atoms with Gasteiger partial charge in [-0.25, -0.2) is 4.68 Å². The van der Waals surface area contributed by atoms with Crippen LogP contribution in [0.15, 0.2) is 18.2 Å². The van der Waals surface area contributed by atoms with Crippen LogP contribution in [0.1, 0.15) is 25.8 Å². The molecule has 2 N–H and O–H groups in total. The largest absolute Gasteiger partial charge is 0.399 e. The standard InChI is InChI=1S/C15H23N5O/c1-11(2)10-21-8-4-7-20-15(17-18-19-20)14-9-13(16)6-5-12(14)3/h5-6,9,11H,4,7-8,10,16H2,1-3H3. The molecule has 1 aromatic carbocycles. The minimum absolute atomic E-state index is 0.559. The second-order valence-electron chi connectivity index (χ2n) is 5.62. The zero-order chi connectivity index (χ0) is 15.2. The minimum Gasteiger partial charge on any atom is -0.399 e. The van der Waals surface area contributed by atoms with E-state index in [9.17, 15) is 0 Å². The zero-order valence-electron chi connectivity index (χ0n) is 12.9. The van der Waals surface area contributed by atoms with E-state index in [-0.39, 0.29) is 0 Å². The maximum Gasteiger partial charge on any atom is 0.182 e. The second kappa shape index (κ2) is 7.17. The van der Waals surface area contributed by atoms with E-state index in [0.29, 0.717) is 18.2 Å². The lowest BCUT2D eigenvalue weighted by Gasteiger charge is -2.09. The van der Waals surface area contributed by atoms with Gasteiger partial charge in [-0.1, -0.05) is 19.9 Å². The number of tetrazole rings is 1. The Morgan fingerprint density at radius 2 is 2.14 bits per heavy atom. The van der Waals surface area contributed by atoms with Crippen LogP contribution in [0.5, 0.6) is 0 Å². The predicted molar refractivity (Wildman–Crippen MR) is 82.7 cm³/mol. The Morgan fingerprint density at radius 1 is 1.33 bits per heavy atom. The monoisotopic (exact) mass is 289 g/mol. The summed E-state index contributed by atoms with van der Waals surface area (Å²) < 4.78 is 7.39. The average molecular weight is 289 g/mol. The van der Waals surface area contributed by atoms with Gasteiger partial charge in [-0.3, -0.25) is 0 Å². The maximum absolute atomic E-state index is 5.85. The maximum atomic E-state index is 5.85. The van der Waals surface area contributed by atoms with Crippen LogP contribution in [0.3, 0.4) is 0 Å². The van der Waals surface area contributed by atoms with Crippen LogP contribution in [-0.2, 0) is 11.3 Å². The van der Waals surface area contributed by atoms with E-state index in [2.05, 4.69) is 29.4 Å². The Labute approximate surface area is 125 Å². The van der Waals surface area contributed by atoms with Gasteiger partial charge in [0.05, 0.1) is 0 Å². The molecule has 0 aliphatic heterocycles. The van der Waals surface area contributed by atoms with Crippen molar-refractivity contribution in [1.29, 1.82) is 0 Å². The molecule has 2 aromatic rings. The molecule has 1 heterocycles.